The average Bonchev–Trinajstić information content (AvgIpc) is 3.25. The Hall–Kier alpha value is -4.33. The number of hydrazone groups is 1. The highest BCUT2D eigenvalue weighted by molar-refractivity contribution is 6.08. The second kappa shape index (κ2) is 8.90. The second-order valence-corrected chi connectivity index (χ2v) is 8.48. The second-order valence-electron chi connectivity index (χ2n) is 8.48. The van der Waals surface area contributed by atoms with Crippen LogP contribution in [0, 0.1) is 26.1 Å². The van der Waals surface area contributed by atoms with Crippen LogP contribution in [0.4, 0.5) is 17.1 Å². The maximum Gasteiger partial charge on any atom is 0.269 e. The first-order valence-corrected chi connectivity index (χ1v) is 11.1. The van der Waals surface area contributed by atoms with Crippen LogP contribution in [0.3, 0.4) is 0 Å². The molecule has 1 saturated carbocycles. The van der Waals surface area contributed by atoms with Crippen molar-refractivity contribution in [3.05, 3.63) is 116 Å². The average molecular weight is 454 g/mol. The van der Waals surface area contributed by atoms with Crippen LogP contribution >= 0.6 is 0 Å². The van der Waals surface area contributed by atoms with Gasteiger partial charge in [0.25, 0.3) is 11.4 Å². The van der Waals surface area contributed by atoms with Crippen molar-refractivity contribution >= 4 is 28.8 Å². The molecule has 2 atom stereocenters. The Bertz CT molecular complexity index is 1280. The number of nitrogens with zero attached hydrogens (tertiary/aromatic N) is 4. The SMILES string of the molecule is O=[N+]([O-])c1ccc(/C=C2/CCCC3C2=NN(c2ccc([N+](=O)[O-])cc2)C3c2ccccc2)cc1. The molecule has 2 unspecified atom stereocenters. The predicted molar refractivity (Wildman–Crippen MR) is 131 cm³/mol. The third-order valence-electron chi connectivity index (χ3n) is 6.41. The minimum absolute atomic E-state index is 0.0155. The fraction of sp³-hybridized carbons (Fsp3) is 0.192. The van der Waals surface area contributed by atoms with Crippen molar-refractivity contribution in [1.29, 1.82) is 0 Å². The van der Waals surface area contributed by atoms with E-state index < -0.39 is 9.85 Å². The maximum absolute atomic E-state index is 11.1. The van der Waals surface area contributed by atoms with E-state index >= 15 is 0 Å². The van der Waals surface area contributed by atoms with Gasteiger partial charge in [-0.25, -0.2) is 0 Å². The third-order valence-corrected chi connectivity index (χ3v) is 6.41. The summed E-state index contributed by atoms with van der Waals surface area (Å²) in [4.78, 5) is 21.3. The zero-order valence-electron chi connectivity index (χ0n) is 18.3. The fourth-order valence-electron chi connectivity index (χ4n) is 4.82. The van der Waals surface area contributed by atoms with E-state index in [4.69, 9.17) is 5.10 Å². The summed E-state index contributed by atoms with van der Waals surface area (Å²) in [6.45, 7) is 0. The van der Waals surface area contributed by atoms with Crippen molar-refractivity contribution in [3.8, 4) is 0 Å². The molecule has 1 aliphatic heterocycles. The molecule has 0 N–H and O–H groups in total. The molecule has 34 heavy (non-hydrogen) atoms. The maximum atomic E-state index is 11.1. The number of nitro groups is 2. The summed E-state index contributed by atoms with van der Waals surface area (Å²) in [5, 5.41) is 29.1. The van der Waals surface area contributed by atoms with E-state index in [1.54, 1.807) is 24.3 Å². The monoisotopic (exact) mass is 454 g/mol. The molecule has 5 rings (SSSR count). The quantitative estimate of drug-likeness (QED) is 0.332. The van der Waals surface area contributed by atoms with Gasteiger partial charge in [-0.2, -0.15) is 5.10 Å². The first kappa shape index (κ1) is 21.5. The van der Waals surface area contributed by atoms with Gasteiger partial charge in [0.05, 0.1) is 27.3 Å². The van der Waals surface area contributed by atoms with Crippen molar-refractivity contribution < 1.29 is 9.85 Å². The molecule has 1 heterocycles. The van der Waals surface area contributed by atoms with Gasteiger partial charge in [-0.15, -0.1) is 0 Å². The largest absolute Gasteiger partial charge is 0.269 e. The highest BCUT2D eigenvalue weighted by Crippen LogP contribution is 2.46. The van der Waals surface area contributed by atoms with Gasteiger partial charge in [-0.1, -0.05) is 30.3 Å². The Kier molecular flexibility index (Phi) is 5.63. The Morgan fingerprint density at radius 2 is 1.47 bits per heavy atom. The van der Waals surface area contributed by atoms with Crippen molar-refractivity contribution in [1.82, 2.24) is 0 Å². The first-order valence-electron chi connectivity index (χ1n) is 11.1. The minimum atomic E-state index is -0.404. The topological polar surface area (TPSA) is 102 Å². The minimum Gasteiger partial charge on any atom is -0.258 e. The Balaban J connectivity index is 1.55. The third kappa shape index (κ3) is 4.05. The zero-order chi connectivity index (χ0) is 23.7. The van der Waals surface area contributed by atoms with Crippen LogP contribution in [0.25, 0.3) is 6.08 Å². The lowest BCUT2D eigenvalue weighted by atomic mass is 9.77. The van der Waals surface area contributed by atoms with Crippen LogP contribution in [0.5, 0.6) is 0 Å². The van der Waals surface area contributed by atoms with Gasteiger partial charge in [-0.05, 0) is 66.3 Å². The molecule has 0 radical (unpaired) electrons. The smallest absolute Gasteiger partial charge is 0.258 e. The molecular weight excluding hydrogens is 432 g/mol. The lowest BCUT2D eigenvalue weighted by Gasteiger charge is -2.30. The van der Waals surface area contributed by atoms with Crippen molar-refractivity contribution in [2.24, 2.45) is 11.0 Å². The van der Waals surface area contributed by atoms with E-state index in [1.807, 2.05) is 23.2 Å². The van der Waals surface area contributed by atoms with Crippen LogP contribution in [0.1, 0.15) is 36.4 Å². The molecule has 1 fully saturated rings. The number of fused-ring (bicyclic) bond motifs is 1. The van der Waals surface area contributed by atoms with Crippen LogP contribution in [0.2, 0.25) is 0 Å². The van der Waals surface area contributed by atoms with E-state index in [0.29, 0.717) is 0 Å². The van der Waals surface area contributed by atoms with E-state index in [0.717, 1.165) is 47.4 Å². The van der Waals surface area contributed by atoms with E-state index in [1.165, 1.54) is 24.3 Å². The molecule has 0 bridgehead atoms. The van der Waals surface area contributed by atoms with Gasteiger partial charge in [-0.3, -0.25) is 25.2 Å². The van der Waals surface area contributed by atoms with Gasteiger partial charge >= 0.3 is 0 Å². The molecule has 170 valence electrons. The summed E-state index contributed by atoms with van der Waals surface area (Å²) < 4.78 is 0. The van der Waals surface area contributed by atoms with Crippen LogP contribution < -0.4 is 5.01 Å². The summed E-state index contributed by atoms with van der Waals surface area (Å²) in [7, 11) is 0. The molecule has 3 aromatic carbocycles. The Labute approximate surface area is 196 Å². The normalized spacial score (nSPS) is 20.6. The highest BCUT2D eigenvalue weighted by Gasteiger charge is 2.41. The van der Waals surface area contributed by atoms with E-state index in [2.05, 4.69) is 18.2 Å². The van der Waals surface area contributed by atoms with Gasteiger partial charge in [0, 0.05) is 30.2 Å². The van der Waals surface area contributed by atoms with Crippen molar-refractivity contribution in [3.63, 3.8) is 0 Å². The first-order chi connectivity index (χ1) is 16.5. The fourth-order valence-corrected chi connectivity index (χ4v) is 4.82. The van der Waals surface area contributed by atoms with Gasteiger partial charge < -0.3 is 0 Å². The number of anilines is 1. The molecule has 8 heteroatoms. The predicted octanol–water partition coefficient (Wildman–Crippen LogP) is 6.30. The van der Waals surface area contributed by atoms with Crippen molar-refractivity contribution in [2.75, 3.05) is 5.01 Å². The molecule has 0 saturated heterocycles. The summed E-state index contributed by atoms with van der Waals surface area (Å²) in [6.07, 6.45) is 4.94. The number of non-ortho nitro benzene ring substituents is 2. The lowest BCUT2D eigenvalue weighted by Crippen LogP contribution is -2.28. The molecule has 0 spiro atoms. The number of hydrogen-bond acceptors (Lipinski definition) is 6. The number of hydrogen-bond donors (Lipinski definition) is 0. The lowest BCUT2D eigenvalue weighted by molar-refractivity contribution is -0.385. The number of rotatable bonds is 5. The van der Waals surface area contributed by atoms with Crippen LogP contribution in [0.15, 0.2) is 89.5 Å². The molecule has 2 aliphatic rings. The molecule has 3 aromatic rings. The van der Waals surface area contributed by atoms with E-state index in [-0.39, 0.29) is 23.3 Å². The van der Waals surface area contributed by atoms with Gasteiger partial charge in [0.1, 0.15) is 0 Å². The molecule has 0 aromatic heterocycles. The van der Waals surface area contributed by atoms with Crippen LogP contribution in [-0.4, -0.2) is 15.6 Å². The van der Waals surface area contributed by atoms with E-state index in [9.17, 15) is 20.2 Å². The summed E-state index contributed by atoms with van der Waals surface area (Å²) in [5.41, 5.74) is 5.08. The van der Waals surface area contributed by atoms with Gasteiger partial charge in [0.2, 0.25) is 0 Å². The Morgan fingerprint density at radius 1 is 0.853 bits per heavy atom. The number of benzene rings is 3. The summed E-state index contributed by atoms with van der Waals surface area (Å²) >= 11 is 0. The zero-order valence-corrected chi connectivity index (χ0v) is 18.3. The summed E-state index contributed by atoms with van der Waals surface area (Å²) in [5.74, 6) is 0.177. The highest BCUT2D eigenvalue weighted by atomic mass is 16.6. The number of nitro benzene ring substituents is 2. The standard InChI is InChI=1S/C26H22N4O4/c31-29(32)22-11-9-18(10-12-22)17-20-7-4-8-24-25(20)27-28(26(24)19-5-2-1-3-6-19)21-13-15-23(16-14-21)30(33)34/h1-3,5-6,9-17,24,26H,4,7-8H2/b20-17-. The number of allylic oxidation sites excluding steroid dienone is 1. The molecule has 8 nitrogen and oxygen atoms in total. The van der Waals surface area contributed by atoms with Gasteiger partial charge in [0.15, 0.2) is 0 Å². The van der Waals surface area contributed by atoms with Crippen LogP contribution in [-0.2, 0) is 0 Å². The molecule has 0 amide bonds. The van der Waals surface area contributed by atoms with Crippen molar-refractivity contribution in [2.45, 2.75) is 25.3 Å². The molecular formula is C26H22N4O4. The molecule has 1 aliphatic carbocycles. The summed E-state index contributed by atoms with van der Waals surface area (Å²) in [6, 6.07) is 23.2. The Morgan fingerprint density at radius 3 is 2.09 bits per heavy atom.